The third-order valence-corrected chi connectivity index (χ3v) is 4.93. The van der Waals surface area contributed by atoms with Crippen LogP contribution >= 0.6 is 0 Å². The molecule has 1 N–H and O–H groups in total. The van der Waals surface area contributed by atoms with Crippen LogP contribution in [0.25, 0.3) is 0 Å². The minimum atomic E-state index is -0.0929. The summed E-state index contributed by atoms with van der Waals surface area (Å²) in [7, 11) is 0. The molecular formula is C20H24N4O2. The van der Waals surface area contributed by atoms with Crippen molar-refractivity contribution in [2.45, 2.75) is 32.3 Å². The standard InChI is InChI=1S/C20H24N4O2/c1-13(2)18-22-17-15(8-9-21-20(17)25)19(23-18)24-10-11-26-16(12-24)14-6-4-3-5-7-14/h3-7,13,16H,8-12H2,1-2H3,(H,21,25). The van der Waals surface area contributed by atoms with Gasteiger partial charge in [-0.1, -0.05) is 44.2 Å². The van der Waals surface area contributed by atoms with Gasteiger partial charge in [0.25, 0.3) is 5.91 Å². The largest absolute Gasteiger partial charge is 0.370 e. The second kappa shape index (κ2) is 7.03. The van der Waals surface area contributed by atoms with Crippen molar-refractivity contribution in [3.8, 4) is 0 Å². The van der Waals surface area contributed by atoms with Gasteiger partial charge in [-0.15, -0.1) is 0 Å². The lowest BCUT2D eigenvalue weighted by atomic mass is 10.0. The molecule has 136 valence electrons. The summed E-state index contributed by atoms with van der Waals surface area (Å²) < 4.78 is 5.99. The molecule has 1 amide bonds. The number of morpholine rings is 1. The van der Waals surface area contributed by atoms with Crippen molar-refractivity contribution < 1.29 is 9.53 Å². The molecule has 6 heteroatoms. The summed E-state index contributed by atoms with van der Waals surface area (Å²) in [6.45, 7) is 6.88. The molecule has 2 aromatic rings. The van der Waals surface area contributed by atoms with Crippen molar-refractivity contribution in [2.75, 3.05) is 31.1 Å². The lowest BCUT2D eigenvalue weighted by Gasteiger charge is -2.36. The number of hydrogen-bond donors (Lipinski definition) is 1. The van der Waals surface area contributed by atoms with E-state index in [0.717, 1.165) is 36.7 Å². The van der Waals surface area contributed by atoms with Gasteiger partial charge in [-0.05, 0) is 12.0 Å². The number of amides is 1. The van der Waals surface area contributed by atoms with E-state index in [-0.39, 0.29) is 17.9 Å². The number of nitrogens with zero attached hydrogens (tertiary/aromatic N) is 3. The van der Waals surface area contributed by atoms with E-state index >= 15 is 0 Å². The molecule has 0 saturated carbocycles. The van der Waals surface area contributed by atoms with E-state index in [9.17, 15) is 4.79 Å². The fraction of sp³-hybridized carbons (Fsp3) is 0.450. The number of carbonyl (C=O) groups excluding carboxylic acids is 1. The number of carbonyl (C=O) groups is 1. The Kier molecular flexibility index (Phi) is 4.59. The van der Waals surface area contributed by atoms with E-state index in [0.29, 0.717) is 18.8 Å². The fourth-order valence-electron chi connectivity index (χ4n) is 3.52. The minimum Gasteiger partial charge on any atom is -0.370 e. The van der Waals surface area contributed by atoms with Crippen molar-refractivity contribution in [2.24, 2.45) is 0 Å². The summed E-state index contributed by atoms with van der Waals surface area (Å²) in [6.07, 6.45) is 0.776. The molecule has 26 heavy (non-hydrogen) atoms. The predicted molar refractivity (Wildman–Crippen MR) is 99.5 cm³/mol. The molecule has 1 aromatic carbocycles. The van der Waals surface area contributed by atoms with Gasteiger partial charge in [0.2, 0.25) is 0 Å². The van der Waals surface area contributed by atoms with Gasteiger partial charge in [0.05, 0.1) is 6.61 Å². The topological polar surface area (TPSA) is 67.3 Å². The Morgan fingerprint density at radius 2 is 2.04 bits per heavy atom. The first-order valence-corrected chi connectivity index (χ1v) is 9.24. The highest BCUT2D eigenvalue weighted by atomic mass is 16.5. The van der Waals surface area contributed by atoms with Crippen LogP contribution in [0.15, 0.2) is 30.3 Å². The first kappa shape index (κ1) is 17.0. The highest BCUT2D eigenvalue weighted by Crippen LogP contribution is 2.30. The summed E-state index contributed by atoms with van der Waals surface area (Å²) in [5.41, 5.74) is 2.67. The van der Waals surface area contributed by atoms with E-state index in [4.69, 9.17) is 9.72 Å². The van der Waals surface area contributed by atoms with E-state index < -0.39 is 0 Å². The highest BCUT2D eigenvalue weighted by Gasteiger charge is 2.30. The summed E-state index contributed by atoms with van der Waals surface area (Å²) >= 11 is 0. The average Bonchev–Trinajstić information content (AvgIpc) is 2.68. The molecule has 0 bridgehead atoms. The van der Waals surface area contributed by atoms with Crippen LogP contribution in [0.3, 0.4) is 0 Å². The molecule has 3 heterocycles. The van der Waals surface area contributed by atoms with Crippen LogP contribution in [0.2, 0.25) is 0 Å². The lowest BCUT2D eigenvalue weighted by molar-refractivity contribution is 0.0394. The van der Waals surface area contributed by atoms with Gasteiger partial charge in [0, 0.05) is 31.1 Å². The van der Waals surface area contributed by atoms with Crippen LogP contribution in [0.1, 0.15) is 53.3 Å². The number of anilines is 1. The SMILES string of the molecule is CC(C)c1nc2c(c(N3CCOC(c4ccccc4)C3)n1)CCNC2=O. The molecule has 1 unspecified atom stereocenters. The van der Waals surface area contributed by atoms with Gasteiger partial charge in [0.15, 0.2) is 0 Å². The van der Waals surface area contributed by atoms with Crippen LogP contribution in [0.5, 0.6) is 0 Å². The van der Waals surface area contributed by atoms with Crippen molar-refractivity contribution in [1.29, 1.82) is 0 Å². The highest BCUT2D eigenvalue weighted by molar-refractivity contribution is 5.96. The number of aromatic nitrogens is 2. The van der Waals surface area contributed by atoms with Crippen LogP contribution in [-0.2, 0) is 11.2 Å². The second-order valence-corrected chi connectivity index (χ2v) is 7.11. The number of hydrogen-bond acceptors (Lipinski definition) is 5. The Morgan fingerprint density at radius 1 is 1.23 bits per heavy atom. The molecule has 2 aliphatic rings. The van der Waals surface area contributed by atoms with Gasteiger partial charge < -0.3 is 15.0 Å². The maximum Gasteiger partial charge on any atom is 0.270 e. The van der Waals surface area contributed by atoms with E-state index in [2.05, 4.69) is 41.2 Å². The lowest BCUT2D eigenvalue weighted by Crippen LogP contribution is -2.41. The Bertz CT molecular complexity index is 807. The Hall–Kier alpha value is -2.47. The molecule has 0 aliphatic carbocycles. The maximum atomic E-state index is 12.3. The molecule has 1 fully saturated rings. The number of rotatable bonds is 3. The maximum absolute atomic E-state index is 12.3. The van der Waals surface area contributed by atoms with Crippen molar-refractivity contribution in [3.05, 3.63) is 53.0 Å². The first-order valence-electron chi connectivity index (χ1n) is 9.24. The second-order valence-electron chi connectivity index (χ2n) is 7.11. The molecule has 6 nitrogen and oxygen atoms in total. The number of nitrogens with one attached hydrogen (secondary N) is 1. The summed E-state index contributed by atoms with van der Waals surface area (Å²) in [4.78, 5) is 24.0. The van der Waals surface area contributed by atoms with E-state index in [1.54, 1.807) is 0 Å². The first-order chi connectivity index (χ1) is 12.6. The Labute approximate surface area is 153 Å². The zero-order valence-electron chi connectivity index (χ0n) is 15.2. The molecule has 2 aliphatic heterocycles. The zero-order chi connectivity index (χ0) is 18.1. The molecule has 0 radical (unpaired) electrons. The van der Waals surface area contributed by atoms with Gasteiger partial charge in [-0.2, -0.15) is 0 Å². The molecule has 4 rings (SSSR count). The molecule has 0 spiro atoms. The fourth-order valence-corrected chi connectivity index (χ4v) is 3.52. The average molecular weight is 352 g/mol. The summed E-state index contributed by atoms with van der Waals surface area (Å²) in [5.74, 6) is 1.70. The number of ether oxygens (including phenoxy) is 1. The molecular weight excluding hydrogens is 328 g/mol. The van der Waals surface area contributed by atoms with Crippen LogP contribution < -0.4 is 10.2 Å². The minimum absolute atomic E-state index is 0.00971. The summed E-state index contributed by atoms with van der Waals surface area (Å²) in [6, 6.07) is 10.3. The van der Waals surface area contributed by atoms with Gasteiger partial charge >= 0.3 is 0 Å². The van der Waals surface area contributed by atoms with E-state index in [1.807, 2.05) is 18.2 Å². The molecule has 1 atom stereocenters. The van der Waals surface area contributed by atoms with Crippen molar-refractivity contribution in [1.82, 2.24) is 15.3 Å². The van der Waals surface area contributed by atoms with Crippen LogP contribution in [-0.4, -0.2) is 42.1 Å². The smallest absolute Gasteiger partial charge is 0.270 e. The predicted octanol–water partition coefficient (Wildman–Crippen LogP) is 2.46. The monoisotopic (exact) mass is 352 g/mol. The van der Waals surface area contributed by atoms with Gasteiger partial charge in [0.1, 0.15) is 23.4 Å². The van der Waals surface area contributed by atoms with Crippen molar-refractivity contribution in [3.63, 3.8) is 0 Å². The van der Waals surface area contributed by atoms with E-state index in [1.165, 1.54) is 5.56 Å². The van der Waals surface area contributed by atoms with Gasteiger partial charge in [-0.25, -0.2) is 9.97 Å². The number of fused-ring (bicyclic) bond motifs is 1. The molecule has 1 saturated heterocycles. The molecule has 1 aromatic heterocycles. The third kappa shape index (κ3) is 3.17. The van der Waals surface area contributed by atoms with Crippen LogP contribution in [0, 0.1) is 0 Å². The van der Waals surface area contributed by atoms with Crippen LogP contribution in [0.4, 0.5) is 5.82 Å². The Morgan fingerprint density at radius 3 is 2.81 bits per heavy atom. The van der Waals surface area contributed by atoms with Crippen molar-refractivity contribution >= 4 is 11.7 Å². The number of benzene rings is 1. The quantitative estimate of drug-likeness (QED) is 0.919. The van der Waals surface area contributed by atoms with Gasteiger partial charge in [-0.3, -0.25) is 4.79 Å². The summed E-state index contributed by atoms with van der Waals surface area (Å²) in [5, 5.41) is 2.90. The zero-order valence-corrected chi connectivity index (χ0v) is 15.2. The Balaban J connectivity index is 1.71. The third-order valence-electron chi connectivity index (χ3n) is 4.93. The normalized spacial score (nSPS) is 20.0.